The molecule has 2 aromatic carbocycles. The number of allylic oxidation sites excluding steroid dienone is 2. The summed E-state index contributed by atoms with van der Waals surface area (Å²) in [5.41, 5.74) is 3.62. The zero-order valence-corrected chi connectivity index (χ0v) is 26.5. The fourth-order valence-corrected chi connectivity index (χ4v) is 7.39. The standard InChI is InChI=1S/C39H56F2O/c1-3-5-7-8-10-12-32-15-19-34(20-16-32)35-23-17-33(18-24-35)29-30-42-39(40,41)38-27-25-37(26-28-38)36-21-13-31(14-22-36)11-9-6-4-2/h4,6,17-18,23-28,31-32,34,36H,3,5,7-16,19-22,29-30H2,1-2H3. The Kier molecular flexibility index (Phi) is 13.6. The Hall–Kier alpha value is -2.00. The second-order valence-electron chi connectivity index (χ2n) is 13.3. The Morgan fingerprint density at radius 2 is 1.26 bits per heavy atom. The molecule has 0 amide bonds. The first kappa shape index (κ1) is 32.9. The second kappa shape index (κ2) is 17.3. The molecule has 0 saturated heterocycles. The molecule has 232 valence electrons. The minimum Gasteiger partial charge on any atom is -0.316 e. The van der Waals surface area contributed by atoms with Gasteiger partial charge in [0.2, 0.25) is 0 Å². The predicted molar refractivity (Wildman–Crippen MR) is 173 cm³/mol. The fourth-order valence-electron chi connectivity index (χ4n) is 7.39. The van der Waals surface area contributed by atoms with Gasteiger partial charge in [0.1, 0.15) is 0 Å². The van der Waals surface area contributed by atoms with Gasteiger partial charge in [-0.3, -0.25) is 0 Å². The number of alkyl halides is 2. The number of unbranched alkanes of at least 4 members (excludes halogenated alkanes) is 4. The van der Waals surface area contributed by atoms with Crippen LogP contribution in [0.2, 0.25) is 0 Å². The van der Waals surface area contributed by atoms with E-state index in [1.807, 2.05) is 12.1 Å². The van der Waals surface area contributed by atoms with E-state index in [1.165, 1.54) is 101 Å². The van der Waals surface area contributed by atoms with Gasteiger partial charge in [-0.25, -0.2) is 0 Å². The summed E-state index contributed by atoms with van der Waals surface area (Å²) in [6.07, 6.45) is 22.4. The van der Waals surface area contributed by atoms with Gasteiger partial charge in [0.05, 0.1) is 12.2 Å². The SMILES string of the molecule is CC=CCCC1CCC(c2ccc(C(F)(F)OCCc3ccc(C4CCC(CCCCCCC)CC4)cc3)cc2)CC1. The normalized spacial score (nSPS) is 23.4. The maximum absolute atomic E-state index is 14.9. The molecule has 2 aliphatic carbocycles. The molecule has 1 nitrogen and oxygen atoms in total. The van der Waals surface area contributed by atoms with Crippen molar-refractivity contribution >= 4 is 0 Å². The van der Waals surface area contributed by atoms with Crippen LogP contribution in [-0.2, 0) is 17.3 Å². The van der Waals surface area contributed by atoms with Crippen LogP contribution in [0.1, 0.15) is 151 Å². The lowest BCUT2D eigenvalue weighted by Crippen LogP contribution is -2.20. The summed E-state index contributed by atoms with van der Waals surface area (Å²) in [5.74, 6) is 2.86. The van der Waals surface area contributed by atoms with E-state index in [0.717, 1.165) is 30.2 Å². The first-order chi connectivity index (χ1) is 20.5. The summed E-state index contributed by atoms with van der Waals surface area (Å²) in [4.78, 5) is 0. The van der Waals surface area contributed by atoms with Crippen LogP contribution in [-0.4, -0.2) is 6.61 Å². The molecule has 2 fully saturated rings. The molecule has 0 heterocycles. The van der Waals surface area contributed by atoms with E-state index in [0.29, 0.717) is 18.3 Å². The molecule has 42 heavy (non-hydrogen) atoms. The van der Waals surface area contributed by atoms with E-state index in [-0.39, 0.29) is 12.2 Å². The summed E-state index contributed by atoms with van der Waals surface area (Å²) < 4.78 is 34.9. The first-order valence-electron chi connectivity index (χ1n) is 17.3. The van der Waals surface area contributed by atoms with Crippen molar-refractivity contribution in [2.24, 2.45) is 11.8 Å². The van der Waals surface area contributed by atoms with E-state index in [1.54, 1.807) is 12.1 Å². The minimum absolute atomic E-state index is 0.00863. The van der Waals surface area contributed by atoms with E-state index in [9.17, 15) is 8.78 Å². The predicted octanol–water partition coefficient (Wildman–Crippen LogP) is 12.3. The van der Waals surface area contributed by atoms with Gasteiger partial charge >= 0.3 is 6.11 Å². The summed E-state index contributed by atoms with van der Waals surface area (Å²) in [7, 11) is 0. The van der Waals surface area contributed by atoms with Gasteiger partial charge in [-0.15, -0.1) is 0 Å². The van der Waals surface area contributed by atoms with E-state index in [2.05, 4.69) is 50.3 Å². The molecule has 0 unspecified atom stereocenters. The van der Waals surface area contributed by atoms with Gasteiger partial charge in [-0.05, 0) is 118 Å². The van der Waals surface area contributed by atoms with Gasteiger partial charge < -0.3 is 4.74 Å². The van der Waals surface area contributed by atoms with Crippen LogP contribution >= 0.6 is 0 Å². The van der Waals surface area contributed by atoms with E-state index in [4.69, 9.17) is 4.74 Å². The first-order valence-corrected chi connectivity index (χ1v) is 17.3. The average molecular weight is 579 g/mol. The van der Waals surface area contributed by atoms with Gasteiger partial charge in [-0.2, -0.15) is 8.78 Å². The van der Waals surface area contributed by atoms with Crippen molar-refractivity contribution in [3.63, 3.8) is 0 Å². The van der Waals surface area contributed by atoms with Crippen LogP contribution in [0.15, 0.2) is 60.7 Å². The number of ether oxygens (including phenoxy) is 1. The number of benzene rings is 2. The van der Waals surface area contributed by atoms with Gasteiger partial charge in [0.15, 0.2) is 0 Å². The summed E-state index contributed by atoms with van der Waals surface area (Å²) in [5, 5.41) is 0. The molecule has 0 N–H and O–H groups in total. The van der Waals surface area contributed by atoms with Crippen molar-refractivity contribution < 1.29 is 13.5 Å². The van der Waals surface area contributed by atoms with E-state index < -0.39 is 6.11 Å². The molecule has 4 rings (SSSR count). The molecular weight excluding hydrogens is 522 g/mol. The molecule has 0 radical (unpaired) electrons. The number of halogens is 2. The monoisotopic (exact) mass is 578 g/mol. The summed E-state index contributed by atoms with van der Waals surface area (Å²) in [6.45, 7) is 4.36. The van der Waals surface area contributed by atoms with Crippen LogP contribution < -0.4 is 0 Å². The molecule has 2 aliphatic rings. The minimum atomic E-state index is -3.27. The van der Waals surface area contributed by atoms with Gasteiger partial charge in [0.25, 0.3) is 0 Å². The molecule has 3 heteroatoms. The van der Waals surface area contributed by atoms with Crippen LogP contribution in [0.25, 0.3) is 0 Å². The van der Waals surface area contributed by atoms with Crippen LogP contribution in [0, 0.1) is 11.8 Å². The highest BCUT2D eigenvalue weighted by atomic mass is 19.3. The maximum atomic E-state index is 14.9. The third-order valence-corrected chi connectivity index (χ3v) is 10.2. The van der Waals surface area contributed by atoms with Crippen molar-refractivity contribution in [1.82, 2.24) is 0 Å². The molecule has 0 spiro atoms. The third-order valence-electron chi connectivity index (χ3n) is 10.2. The molecule has 2 aromatic rings. The van der Waals surface area contributed by atoms with E-state index >= 15 is 0 Å². The Morgan fingerprint density at radius 3 is 1.83 bits per heavy atom. The largest absolute Gasteiger partial charge is 0.383 e. The topological polar surface area (TPSA) is 9.23 Å². The Bertz CT molecular complexity index is 1030. The highest BCUT2D eigenvalue weighted by Gasteiger charge is 2.33. The number of hydrogen-bond donors (Lipinski definition) is 0. The van der Waals surface area contributed by atoms with Crippen LogP contribution in [0.3, 0.4) is 0 Å². The molecule has 0 bridgehead atoms. The molecular formula is C39H56F2O. The lowest BCUT2D eigenvalue weighted by Gasteiger charge is -2.29. The second-order valence-corrected chi connectivity index (χ2v) is 13.3. The number of hydrogen-bond acceptors (Lipinski definition) is 1. The van der Waals surface area contributed by atoms with Gasteiger partial charge in [-0.1, -0.05) is 106 Å². The highest BCUT2D eigenvalue weighted by molar-refractivity contribution is 5.28. The van der Waals surface area contributed by atoms with Crippen LogP contribution in [0.4, 0.5) is 8.78 Å². The van der Waals surface area contributed by atoms with Crippen molar-refractivity contribution in [3.8, 4) is 0 Å². The molecule has 2 saturated carbocycles. The Labute approximate surface area is 255 Å². The summed E-state index contributed by atoms with van der Waals surface area (Å²) in [6, 6.07) is 15.6. The Morgan fingerprint density at radius 1 is 0.714 bits per heavy atom. The quantitative estimate of drug-likeness (QED) is 0.142. The lowest BCUT2D eigenvalue weighted by molar-refractivity contribution is -0.248. The third kappa shape index (κ3) is 10.3. The van der Waals surface area contributed by atoms with Crippen molar-refractivity contribution in [2.75, 3.05) is 6.61 Å². The maximum Gasteiger partial charge on any atom is 0.383 e. The smallest absolute Gasteiger partial charge is 0.316 e. The lowest BCUT2D eigenvalue weighted by atomic mass is 9.77. The van der Waals surface area contributed by atoms with Crippen LogP contribution in [0.5, 0.6) is 0 Å². The molecule has 0 atom stereocenters. The van der Waals surface area contributed by atoms with Gasteiger partial charge in [0, 0.05) is 0 Å². The highest BCUT2D eigenvalue weighted by Crippen LogP contribution is 2.40. The summed E-state index contributed by atoms with van der Waals surface area (Å²) >= 11 is 0. The number of rotatable bonds is 16. The molecule has 0 aliphatic heterocycles. The zero-order chi connectivity index (χ0) is 29.6. The molecule has 0 aromatic heterocycles. The zero-order valence-electron chi connectivity index (χ0n) is 26.5. The van der Waals surface area contributed by atoms with Crippen molar-refractivity contribution in [3.05, 3.63) is 82.9 Å². The Balaban J connectivity index is 1.16. The van der Waals surface area contributed by atoms with Crippen molar-refractivity contribution in [1.29, 1.82) is 0 Å². The average Bonchev–Trinajstić information content (AvgIpc) is 3.02. The fraction of sp³-hybridized carbons (Fsp3) is 0.641. The van der Waals surface area contributed by atoms with Crippen molar-refractivity contribution in [2.45, 2.75) is 141 Å².